The number of aromatic amines is 1. The van der Waals surface area contributed by atoms with Crippen molar-refractivity contribution >= 4 is 38.6 Å². The van der Waals surface area contributed by atoms with E-state index in [2.05, 4.69) is 9.97 Å². The van der Waals surface area contributed by atoms with Gasteiger partial charge in [0.2, 0.25) is 0 Å². The Morgan fingerprint density at radius 1 is 1.19 bits per heavy atom. The van der Waals surface area contributed by atoms with Crippen molar-refractivity contribution in [3.05, 3.63) is 80.4 Å². The molecule has 0 aliphatic carbocycles. The molecule has 9 nitrogen and oxygen atoms in total. The Labute approximate surface area is 214 Å². The molecule has 0 amide bonds. The number of benzene rings is 2. The van der Waals surface area contributed by atoms with Gasteiger partial charge in [-0.1, -0.05) is 11.6 Å². The number of pyridine rings is 1. The standard InChI is InChI=1S/C24H20ClF2N3O6S/c1-11-9-15(22(31)32)28-21-20(11)29-23(33)30(21)16-10-12(5-6-13(16)25)37(34,35)24(2,3)18-17(36-4)8-7-14(26)19(18)27/h5-10H,1-4H3,(H,29,33)(H,31,32). The number of nitrogens with one attached hydrogen (secondary N) is 1. The van der Waals surface area contributed by atoms with E-state index in [4.69, 9.17) is 16.3 Å². The zero-order valence-electron chi connectivity index (χ0n) is 19.9. The predicted molar refractivity (Wildman–Crippen MR) is 132 cm³/mol. The van der Waals surface area contributed by atoms with Crippen LogP contribution in [0.3, 0.4) is 0 Å². The highest BCUT2D eigenvalue weighted by Crippen LogP contribution is 2.42. The number of H-pyrrole nitrogens is 1. The molecule has 13 heteroatoms. The quantitative estimate of drug-likeness (QED) is 0.364. The molecular weight excluding hydrogens is 532 g/mol. The summed E-state index contributed by atoms with van der Waals surface area (Å²) in [5, 5.41) is 9.34. The van der Waals surface area contributed by atoms with Crippen LogP contribution < -0.4 is 10.4 Å². The van der Waals surface area contributed by atoms with Gasteiger partial charge in [-0.15, -0.1) is 0 Å². The van der Waals surface area contributed by atoms with Crippen molar-refractivity contribution in [1.82, 2.24) is 14.5 Å². The Morgan fingerprint density at radius 2 is 1.86 bits per heavy atom. The van der Waals surface area contributed by atoms with E-state index in [-0.39, 0.29) is 38.2 Å². The van der Waals surface area contributed by atoms with Crippen LogP contribution in [0.15, 0.2) is 46.1 Å². The molecule has 0 atom stereocenters. The minimum absolute atomic E-state index is 0.0468. The van der Waals surface area contributed by atoms with Crippen LogP contribution in [0.5, 0.6) is 5.75 Å². The molecule has 0 aliphatic heterocycles. The van der Waals surface area contributed by atoms with E-state index >= 15 is 0 Å². The predicted octanol–water partition coefficient (Wildman–Crippen LogP) is 4.37. The van der Waals surface area contributed by atoms with Gasteiger partial charge in [0.1, 0.15) is 10.5 Å². The zero-order chi connectivity index (χ0) is 27.4. The van der Waals surface area contributed by atoms with E-state index in [0.717, 1.165) is 28.8 Å². The Morgan fingerprint density at radius 3 is 2.49 bits per heavy atom. The number of carboxylic acids is 1. The molecule has 0 fully saturated rings. The summed E-state index contributed by atoms with van der Waals surface area (Å²) in [5.41, 5.74) is -1.17. The lowest BCUT2D eigenvalue weighted by Crippen LogP contribution is -2.31. The summed E-state index contributed by atoms with van der Waals surface area (Å²) >= 11 is 6.34. The number of carboxylic acid groups (broad SMARTS) is 1. The van der Waals surface area contributed by atoms with Gasteiger partial charge in [0.15, 0.2) is 32.8 Å². The molecule has 37 heavy (non-hydrogen) atoms. The number of fused-ring (bicyclic) bond motifs is 1. The van der Waals surface area contributed by atoms with Gasteiger partial charge < -0.3 is 14.8 Å². The van der Waals surface area contributed by atoms with Crippen molar-refractivity contribution in [2.24, 2.45) is 0 Å². The lowest BCUT2D eigenvalue weighted by Gasteiger charge is -2.28. The minimum Gasteiger partial charge on any atom is -0.496 e. The first-order chi connectivity index (χ1) is 17.2. The molecule has 0 radical (unpaired) electrons. The van der Waals surface area contributed by atoms with Crippen LogP contribution in [0.25, 0.3) is 16.9 Å². The van der Waals surface area contributed by atoms with Gasteiger partial charge in [-0.3, -0.25) is 0 Å². The van der Waals surface area contributed by atoms with Gasteiger partial charge in [-0.2, -0.15) is 0 Å². The summed E-state index contributed by atoms with van der Waals surface area (Å²) in [6, 6.07) is 6.69. The highest BCUT2D eigenvalue weighted by atomic mass is 35.5. The van der Waals surface area contributed by atoms with Crippen LogP contribution in [0.2, 0.25) is 5.02 Å². The summed E-state index contributed by atoms with van der Waals surface area (Å²) in [4.78, 5) is 30.6. The third-order valence-corrected chi connectivity index (χ3v) is 8.82. The van der Waals surface area contributed by atoms with Crippen LogP contribution in [0.1, 0.15) is 35.5 Å². The normalized spacial score (nSPS) is 12.2. The van der Waals surface area contributed by atoms with Crippen molar-refractivity contribution < 1.29 is 31.8 Å². The number of aromatic carboxylic acids is 1. The minimum atomic E-state index is -4.48. The fourth-order valence-corrected chi connectivity index (χ4v) is 5.85. The Kier molecular flexibility index (Phi) is 6.37. The van der Waals surface area contributed by atoms with Crippen LogP contribution >= 0.6 is 11.6 Å². The molecule has 2 aromatic carbocycles. The number of rotatable bonds is 6. The molecule has 2 N–H and O–H groups in total. The number of ether oxygens (including phenoxy) is 1. The number of methoxy groups -OCH3 is 1. The molecule has 2 heterocycles. The number of nitrogens with zero attached hydrogens (tertiary/aromatic N) is 2. The fraction of sp³-hybridized carbons (Fsp3) is 0.208. The fourth-order valence-electron chi connectivity index (χ4n) is 4.09. The number of hydrogen-bond donors (Lipinski definition) is 2. The molecule has 194 valence electrons. The van der Waals surface area contributed by atoms with E-state index in [1.54, 1.807) is 6.92 Å². The molecule has 0 bridgehead atoms. The Hall–Kier alpha value is -3.77. The molecule has 4 rings (SSSR count). The second-order valence-electron chi connectivity index (χ2n) is 8.66. The summed E-state index contributed by atoms with van der Waals surface area (Å²) in [7, 11) is -3.28. The van der Waals surface area contributed by atoms with E-state index < -0.39 is 43.4 Å². The average Bonchev–Trinajstić information content (AvgIpc) is 3.16. The smallest absolute Gasteiger partial charge is 0.354 e. The Bertz CT molecular complexity index is 1760. The van der Waals surface area contributed by atoms with E-state index in [0.29, 0.717) is 5.56 Å². The maximum absolute atomic E-state index is 14.9. The SMILES string of the molecule is COc1ccc(F)c(F)c1C(C)(C)S(=O)(=O)c1ccc(Cl)c(-n2c(=O)[nH]c3c(C)cc(C(=O)O)nc32)c1. The average molecular weight is 552 g/mol. The number of sulfone groups is 1. The molecular formula is C24H20ClF2N3O6S. The van der Waals surface area contributed by atoms with Gasteiger partial charge >= 0.3 is 11.7 Å². The number of imidazole rings is 1. The summed E-state index contributed by atoms with van der Waals surface area (Å²) in [5.74, 6) is -4.14. The molecule has 0 unspecified atom stereocenters. The first-order valence-electron chi connectivity index (χ1n) is 10.6. The molecule has 0 saturated heterocycles. The monoisotopic (exact) mass is 551 g/mol. The van der Waals surface area contributed by atoms with Crippen LogP contribution in [0.4, 0.5) is 8.78 Å². The number of aromatic nitrogens is 3. The zero-order valence-corrected chi connectivity index (χ0v) is 21.5. The second kappa shape index (κ2) is 8.96. The maximum Gasteiger partial charge on any atom is 0.354 e. The van der Waals surface area contributed by atoms with Gasteiger partial charge in [0.05, 0.1) is 33.8 Å². The van der Waals surface area contributed by atoms with Crippen molar-refractivity contribution in [3.8, 4) is 11.4 Å². The summed E-state index contributed by atoms with van der Waals surface area (Å²) < 4.78 is 60.6. The van der Waals surface area contributed by atoms with Gasteiger partial charge in [0.25, 0.3) is 0 Å². The number of halogens is 3. The number of carbonyl (C=O) groups is 1. The van der Waals surface area contributed by atoms with Crippen molar-refractivity contribution in [3.63, 3.8) is 0 Å². The molecule has 0 saturated carbocycles. The Balaban J connectivity index is 1.98. The third kappa shape index (κ3) is 4.05. The number of aryl methyl sites for hydroxylation is 1. The summed E-state index contributed by atoms with van der Waals surface area (Å²) in [6.45, 7) is 3.96. The van der Waals surface area contributed by atoms with Gasteiger partial charge in [-0.25, -0.2) is 36.3 Å². The molecule has 2 aromatic heterocycles. The van der Waals surface area contributed by atoms with Crippen molar-refractivity contribution in [2.45, 2.75) is 30.4 Å². The molecule has 4 aromatic rings. The number of hydrogen-bond acceptors (Lipinski definition) is 6. The van der Waals surface area contributed by atoms with Gasteiger partial charge in [0, 0.05) is 0 Å². The largest absolute Gasteiger partial charge is 0.496 e. The lowest BCUT2D eigenvalue weighted by molar-refractivity contribution is 0.0690. The lowest BCUT2D eigenvalue weighted by atomic mass is 10.00. The second-order valence-corrected chi connectivity index (χ2v) is 11.6. The highest BCUT2D eigenvalue weighted by Gasteiger charge is 2.43. The maximum atomic E-state index is 14.9. The highest BCUT2D eigenvalue weighted by molar-refractivity contribution is 7.92. The van der Waals surface area contributed by atoms with Gasteiger partial charge in [-0.05, 0) is 62.7 Å². The first-order valence-corrected chi connectivity index (χ1v) is 12.5. The molecule has 0 spiro atoms. The van der Waals surface area contributed by atoms with Crippen LogP contribution in [-0.4, -0.2) is 41.1 Å². The van der Waals surface area contributed by atoms with Crippen LogP contribution in [-0.2, 0) is 14.6 Å². The van der Waals surface area contributed by atoms with Crippen LogP contribution in [0, 0.1) is 18.6 Å². The van der Waals surface area contributed by atoms with Crippen molar-refractivity contribution in [2.75, 3.05) is 7.11 Å². The summed E-state index contributed by atoms with van der Waals surface area (Å²) in [6.07, 6.45) is 0. The molecule has 0 aliphatic rings. The topological polar surface area (TPSA) is 131 Å². The first kappa shape index (κ1) is 26.3. The third-order valence-electron chi connectivity index (χ3n) is 6.08. The van der Waals surface area contributed by atoms with E-state index in [9.17, 15) is 31.9 Å². The van der Waals surface area contributed by atoms with E-state index in [1.807, 2.05) is 0 Å². The van der Waals surface area contributed by atoms with E-state index in [1.165, 1.54) is 33.1 Å². The van der Waals surface area contributed by atoms with Crippen molar-refractivity contribution in [1.29, 1.82) is 0 Å².